The highest BCUT2D eigenvalue weighted by Gasteiger charge is 2.19. The molecule has 2 aromatic carbocycles. The monoisotopic (exact) mass is 330 g/mol. The van der Waals surface area contributed by atoms with Crippen LogP contribution in [0.25, 0.3) is 0 Å². The molecule has 0 unspecified atom stereocenters. The van der Waals surface area contributed by atoms with E-state index >= 15 is 0 Å². The Hall–Kier alpha value is -1.72. The van der Waals surface area contributed by atoms with Crippen molar-refractivity contribution in [3.63, 3.8) is 0 Å². The van der Waals surface area contributed by atoms with Gasteiger partial charge in [0.05, 0.1) is 12.8 Å². The van der Waals surface area contributed by atoms with E-state index in [9.17, 15) is 0 Å². The van der Waals surface area contributed by atoms with Crippen molar-refractivity contribution in [3.8, 4) is 5.75 Å². The molecular formula is C17H18N2OS2. The van der Waals surface area contributed by atoms with Crippen molar-refractivity contribution in [1.82, 2.24) is 5.32 Å². The number of thiocarbonyl (C=S) groups is 1. The van der Waals surface area contributed by atoms with E-state index in [1.54, 1.807) is 7.11 Å². The number of nitrogens with zero attached hydrogens (tertiary/aromatic N) is 1. The molecule has 1 N–H and O–H groups in total. The fourth-order valence-electron chi connectivity index (χ4n) is 2.40. The minimum absolute atomic E-state index is 0.717. The maximum absolute atomic E-state index is 5.58. The van der Waals surface area contributed by atoms with Crippen molar-refractivity contribution in [2.75, 3.05) is 24.3 Å². The molecule has 2 aromatic rings. The number of hydrogen-bond acceptors (Lipinski definition) is 3. The molecule has 3 nitrogen and oxygen atoms in total. The van der Waals surface area contributed by atoms with Crippen LogP contribution in [-0.4, -0.2) is 24.5 Å². The van der Waals surface area contributed by atoms with Gasteiger partial charge >= 0.3 is 0 Å². The Morgan fingerprint density at radius 3 is 2.77 bits per heavy atom. The van der Waals surface area contributed by atoms with Gasteiger partial charge in [-0.3, -0.25) is 0 Å². The Labute approximate surface area is 140 Å². The summed E-state index contributed by atoms with van der Waals surface area (Å²) in [6.45, 7) is 1.66. The lowest BCUT2D eigenvalue weighted by Gasteiger charge is -2.31. The average molecular weight is 330 g/mol. The Balaban J connectivity index is 1.65. The lowest BCUT2D eigenvalue weighted by Crippen LogP contribution is -2.42. The second kappa shape index (κ2) is 7.03. The molecule has 1 aliphatic rings. The van der Waals surface area contributed by atoms with Gasteiger partial charge in [0.15, 0.2) is 5.11 Å². The van der Waals surface area contributed by atoms with Gasteiger partial charge in [0.2, 0.25) is 0 Å². The molecule has 0 saturated heterocycles. The zero-order valence-corrected chi connectivity index (χ0v) is 14.0. The summed E-state index contributed by atoms with van der Waals surface area (Å²) in [6, 6.07) is 16.4. The molecule has 0 radical (unpaired) electrons. The third-order valence-electron chi connectivity index (χ3n) is 3.58. The van der Waals surface area contributed by atoms with Crippen LogP contribution in [0.4, 0.5) is 5.69 Å². The van der Waals surface area contributed by atoms with E-state index in [1.807, 2.05) is 23.9 Å². The minimum atomic E-state index is 0.717. The summed E-state index contributed by atoms with van der Waals surface area (Å²) in [4.78, 5) is 3.48. The summed E-state index contributed by atoms with van der Waals surface area (Å²) in [5, 5.41) is 4.14. The smallest absolute Gasteiger partial charge is 0.173 e. The molecule has 5 heteroatoms. The molecule has 0 spiro atoms. The van der Waals surface area contributed by atoms with E-state index in [0.717, 1.165) is 23.2 Å². The first kappa shape index (κ1) is 15.2. The largest absolute Gasteiger partial charge is 0.497 e. The molecular weight excluding hydrogens is 312 g/mol. The van der Waals surface area contributed by atoms with E-state index in [-0.39, 0.29) is 0 Å². The van der Waals surface area contributed by atoms with Crippen molar-refractivity contribution in [1.29, 1.82) is 0 Å². The van der Waals surface area contributed by atoms with Gasteiger partial charge in [0.25, 0.3) is 0 Å². The van der Waals surface area contributed by atoms with Crippen molar-refractivity contribution in [3.05, 3.63) is 54.1 Å². The molecule has 1 aliphatic heterocycles. The SMILES string of the molecule is COc1ccc(CNC(=S)N2CCSc3ccccc32)cc1. The number of thioether (sulfide) groups is 1. The molecule has 0 amide bonds. The first-order chi connectivity index (χ1) is 10.8. The normalized spacial score (nSPS) is 13.4. The first-order valence-electron chi connectivity index (χ1n) is 7.18. The number of ether oxygens (including phenoxy) is 1. The number of para-hydroxylation sites is 1. The van der Waals surface area contributed by atoms with Crippen LogP contribution in [0.2, 0.25) is 0 Å². The van der Waals surface area contributed by atoms with Crippen LogP contribution in [0.1, 0.15) is 5.56 Å². The van der Waals surface area contributed by atoms with Gasteiger partial charge in [-0.05, 0) is 42.0 Å². The van der Waals surface area contributed by atoms with Crippen molar-refractivity contribution >= 4 is 34.8 Å². The average Bonchev–Trinajstić information content (AvgIpc) is 2.59. The van der Waals surface area contributed by atoms with E-state index in [4.69, 9.17) is 17.0 Å². The Morgan fingerprint density at radius 2 is 2.00 bits per heavy atom. The van der Waals surface area contributed by atoms with Gasteiger partial charge in [-0.15, -0.1) is 11.8 Å². The number of nitrogens with one attached hydrogen (secondary N) is 1. The molecule has 0 aliphatic carbocycles. The fourth-order valence-corrected chi connectivity index (χ4v) is 3.65. The maximum Gasteiger partial charge on any atom is 0.173 e. The maximum atomic E-state index is 5.58. The second-order valence-corrected chi connectivity index (χ2v) is 6.50. The predicted molar refractivity (Wildman–Crippen MR) is 96.9 cm³/mol. The molecule has 0 atom stereocenters. The number of anilines is 1. The number of rotatable bonds is 3. The van der Waals surface area contributed by atoms with Gasteiger partial charge in [0.1, 0.15) is 5.75 Å². The second-order valence-electron chi connectivity index (χ2n) is 4.97. The summed E-state index contributed by atoms with van der Waals surface area (Å²) >= 11 is 7.46. The van der Waals surface area contributed by atoms with Crippen LogP contribution in [-0.2, 0) is 6.54 Å². The summed E-state index contributed by atoms with van der Waals surface area (Å²) in [6.07, 6.45) is 0. The van der Waals surface area contributed by atoms with Gasteiger partial charge in [-0.2, -0.15) is 0 Å². The standard InChI is InChI=1S/C17H18N2OS2/c1-20-14-8-6-13(7-9-14)12-18-17(21)19-10-11-22-16-5-3-2-4-15(16)19/h2-9H,10-12H2,1H3,(H,18,21). The van der Waals surface area contributed by atoms with Gasteiger partial charge in [-0.1, -0.05) is 24.3 Å². The van der Waals surface area contributed by atoms with E-state index < -0.39 is 0 Å². The zero-order chi connectivity index (χ0) is 15.4. The molecule has 0 saturated carbocycles. The van der Waals surface area contributed by atoms with E-state index in [2.05, 4.69) is 46.6 Å². The van der Waals surface area contributed by atoms with Crippen LogP contribution in [0.3, 0.4) is 0 Å². The lowest BCUT2D eigenvalue weighted by atomic mass is 10.2. The Morgan fingerprint density at radius 1 is 1.23 bits per heavy atom. The van der Waals surface area contributed by atoms with Crippen LogP contribution < -0.4 is 15.0 Å². The predicted octanol–water partition coefficient (Wildman–Crippen LogP) is 3.68. The highest BCUT2D eigenvalue weighted by Crippen LogP contribution is 2.34. The van der Waals surface area contributed by atoms with Crippen molar-refractivity contribution in [2.24, 2.45) is 0 Å². The molecule has 114 valence electrons. The Kier molecular flexibility index (Phi) is 4.85. The zero-order valence-electron chi connectivity index (χ0n) is 12.4. The minimum Gasteiger partial charge on any atom is -0.497 e. The third kappa shape index (κ3) is 3.36. The molecule has 22 heavy (non-hydrogen) atoms. The molecule has 3 rings (SSSR count). The number of fused-ring (bicyclic) bond motifs is 1. The van der Waals surface area contributed by atoms with Gasteiger partial charge in [-0.25, -0.2) is 0 Å². The van der Waals surface area contributed by atoms with E-state index in [0.29, 0.717) is 6.54 Å². The molecule has 0 aromatic heterocycles. The fraction of sp³-hybridized carbons (Fsp3) is 0.235. The lowest BCUT2D eigenvalue weighted by molar-refractivity contribution is 0.414. The number of benzene rings is 2. The van der Waals surface area contributed by atoms with Crippen molar-refractivity contribution < 1.29 is 4.74 Å². The number of methoxy groups -OCH3 is 1. The van der Waals surface area contributed by atoms with E-state index in [1.165, 1.54) is 16.1 Å². The molecule has 0 bridgehead atoms. The number of hydrogen-bond donors (Lipinski definition) is 1. The Bertz CT molecular complexity index is 658. The highest BCUT2D eigenvalue weighted by molar-refractivity contribution is 7.99. The summed E-state index contributed by atoms with van der Waals surface area (Å²) in [5.74, 6) is 1.93. The molecule has 1 heterocycles. The summed E-state index contributed by atoms with van der Waals surface area (Å²) in [5.41, 5.74) is 2.38. The van der Waals surface area contributed by atoms with Crippen LogP contribution >= 0.6 is 24.0 Å². The first-order valence-corrected chi connectivity index (χ1v) is 8.57. The topological polar surface area (TPSA) is 24.5 Å². The summed E-state index contributed by atoms with van der Waals surface area (Å²) < 4.78 is 5.17. The quantitative estimate of drug-likeness (QED) is 0.866. The highest BCUT2D eigenvalue weighted by atomic mass is 32.2. The third-order valence-corrected chi connectivity index (χ3v) is 4.98. The summed E-state index contributed by atoms with van der Waals surface area (Å²) in [7, 11) is 1.67. The van der Waals surface area contributed by atoms with Crippen molar-refractivity contribution in [2.45, 2.75) is 11.4 Å². The van der Waals surface area contributed by atoms with Crippen LogP contribution in [0.5, 0.6) is 5.75 Å². The van der Waals surface area contributed by atoms with Crippen LogP contribution in [0.15, 0.2) is 53.4 Å². The van der Waals surface area contributed by atoms with Crippen LogP contribution in [0, 0.1) is 0 Å². The van der Waals surface area contributed by atoms with Gasteiger partial charge in [0, 0.05) is 23.7 Å². The van der Waals surface area contributed by atoms with Gasteiger partial charge < -0.3 is 15.0 Å². The molecule has 0 fully saturated rings.